The third kappa shape index (κ3) is 2.17. The summed E-state index contributed by atoms with van der Waals surface area (Å²) >= 11 is 0. The molecule has 3 N–H and O–H groups in total. The van der Waals surface area contributed by atoms with Crippen molar-refractivity contribution in [2.24, 2.45) is 5.92 Å². The van der Waals surface area contributed by atoms with Crippen molar-refractivity contribution in [3.63, 3.8) is 0 Å². The molecule has 0 spiro atoms. The van der Waals surface area contributed by atoms with Gasteiger partial charge in [-0.3, -0.25) is 0 Å². The van der Waals surface area contributed by atoms with Crippen LogP contribution in [0.2, 0.25) is 0 Å². The Bertz CT molecular complexity index is 316. The van der Waals surface area contributed by atoms with Gasteiger partial charge in [0.1, 0.15) is 0 Å². The highest BCUT2D eigenvalue weighted by molar-refractivity contribution is 5.60. The lowest BCUT2D eigenvalue weighted by molar-refractivity contribution is -0.825. The number of nitrogens with two attached hydrogens (primary N) is 1. The molecule has 0 atom stereocenters. The van der Waals surface area contributed by atoms with Gasteiger partial charge in [-0.15, -0.1) is 0 Å². The average Bonchev–Trinajstić information content (AvgIpc) is 2.99. The fraction of sp³-hybridized carbons (Fsp3) is 0.273. The van der Waals surface area contributed by atoms with Crippen LogP contribution >= 0.6 is 0 Å². The van der Waals surface area contributed by atoms with E-state index in [1.807, 2.05) is 24.3 Å². The van der Waals surface area contributed by atoms with Gasteiger partial charge in [-0.25, -0.2) is 5.21 Å². The van der Waals surface area contributed by atoms with E-state index < -0.39 is 0 Å². The van der Waals surface area contributed by atoms with Crippen LogP contribution in [0, 0.1) is 5.92 Å². The molecule has 2 rings (SSSR count). The summed E-state index contributed by atoms with van der Waals surface area (Å²) in [6.07, 6.45) is 6.96. The van der Waals surface area contributed by atoms with Crippen LogP contribution in [-0.2, 0) is 0 Å². The first-order chi connectivity index (χ1) is 6.40. The monoisotopic (exact) mass is 176 g/mol. The van der Waals surface area contributed by atoms with Crippen molar-refractivity contribution in [2.75, 3.05) is 0 Å². The molecule has 1 aromatic carbocycles. The minimum absolute atomic E-state index is 0.784. The van der Waals surface area contributed by atoms with E-state index >= 15 is 0 Å². The molecule has 0 aromatic heterocycles. The van der Waals surface area contributed by atoms with E-state index in [4.69, 9.17) is 5.21 Å². The summed E-state index contributed by atoms with van der Waals surface area (Å²) in [5.41, 5.74) is 3.14. The third-order valence-electron chi connectivity index (χ3n) is 2.31. The van der Waals surface area contributed by atoms with Gasteiger partial charge in [0, 0.05) is 11.6 Å². The topological polar surface area (TPSA) is 36.8 Å². The minimum Gasteiger partial charge on any atom is -0.215 e. The van der Waals surface area contributed by atoms with Gasteiger partial charge in [0.25, 0.3) is 0 Å². The molecule has 0 unspecified atom stereocenters. The molecule has 68 valence electrons. The van der Waals surface area contributed by atoms with E-state index in [1.54, 1.807) is 0 Å². The quantitative estimate of drug-likeness (QED) is 0.533. The number of hydrogen-bond acceptors (Lipinski definition) is 1. The van der Waals surface area contributed by atoms with Crippen LogP contribution in [0.25, 0.3) is 6.08 Å². The fourth-order valence-electron chi connectivity index (χ4n) is 1.31. The SMILES string of the molecule is O[NH2+]c1ccccc1/C=C/C1CC1. The van der Waals surface area contributed by atoms with Crippen molar-refractivity contribution in [3.05, 3.63) is 35.9 Å². The number of para-hydroxylation sites is 1. The van der Waals surface area contributed by atoms with Crippen molar-refractivity contribution in [2.45, 2.75) is 12.8 Å². The molecule has 1 aliphatic carbocycles. The fourth-order valence-corrected chi connectivity index (χ4v) is 1.31. The Morgan fingerprint density at radius 1 is 1.31 bits per heavy atom. The normalized spacial score (nSPS) is 16.7. The Morgan fingerprint density at radius 2 is 2.08 bits per heavy atom. The molecule has 0 saturated heterocycles. The second-order valence-electron chi connectivity index (χ2n) is 3.45. The molecule has 13 heavy (non-hydrogen) atoms. The summed E-state index contributed by atoms with van der Waals surface area (Å²) in [5.74, 6) is 0.784. The number of hydrogen-bond donors (Lipinski definition) is 2. The predicted molar refractivity (Wildman–Crippen MR) is 51.6 cm³/mol. The standard InChI is InChI=1S/C11H13NO/c13-12-11-4-2-1-3-10(11)8-7-9-5-6-9/h1-4,7-9,12-13H,5-6H2/p+1/b8-7+. The average molecular weight is 176 g/mol. The van der Waals surface area contributed by atoms with Gasteiger partial charge in [-0.05, 0) is 24.8 Å². The molecule has 0 heterocycles. The lowest BCUT2D eigenvalue weighted by atomic mass is 10.1. The first kappa shape index (κ1) is 8.48. The van der Waals surface area contributed by atoms with Crippen LogP contribution in [0.15, 0.2) is 30.3 Å². The maximum Gasteiger partial charge on any atom is 0.169 e. The molecule has 1 saturated carbocycles. The van der Waals surface area contributed by atoms with Gasteiger partial charge >= 0.3 is 0 Å². The lowest BCUT2D eigenvalue weighted by Gasteiger charge is -1.96. The maximum atomic E-state index is 8.94. The number of quaternary nitrogens is 1. The summed E-state index contributed by atoms with van der Waals surface area (Å²) < 4.78 is 0. The Hall–Kier alpha value is -1.12. The smallest absolute Gasteiger partial charge is 0.169 e. The maximum absolute atomic E-state index is 8.94. The molecule has 1 aromatic rings. The summed E-state index contributed by atoms with van der Waals surface area (Å²) in [6.45, 7) is 0. The van der Waals surface area contributed by atoms with E-state index in [2.05, 4.69) is 12.2 Å². The number of allylic oxidation sites excluding steroid dienone is 1. The van der Waals surface area contributed by atoms with Gasteiger partial charge in [0.2, 0.25) is 0 Å². The molecule has 2 nitrogen and oxygen atoms in total. The highest BCUT2D eigenvalue weighted by atomic mass is 16.5. The van der Waals surface area contributed by atoms with Crippen molar-refractivity contribution in [1.29, 1.82) is 0 Å². The van der Waals surface area contributed by atoms with E-state index in [9.17, 15) is 0 Å². The van der Waals surface area contributed by atoms with Crippen LogP contribution < -0.4 is 5.48 Å². The second kappa shape index (κ2) is 3.73. The minimum atomic E-state index is 0.784. The predicted octanol–water partition coefficient (Wildman–Crippen LogP) is 1.69. The van der Waals surface area contributed by atoms with Crippen molar-refractivity contribution in [3.8, 4) is 0 Å². The van der Waals surface area contributed by atoms with Crippen LogP contribution in [0.4, 0.5) is 5.69 Å². The summed E-state index contributed by atoms with van der Waals surface area (Å²) in [5, 5.41) is 8.94. The highest BCUT2D eigenvalue weighted by Gasteiger charge is 2.17. The molecular formula is C11H14NO+. The zero-order chi connectivity index (χ0) is 9.10. The Labute approximate surface area is 77.9 Å². The Morgan fingerprint density at radius 3 is 2.77 bits per heavy atom. The van der Waals surface area contributed by atoms with Crippen molar-refractivity contribution in [1.82, 2.24) is 0 Å². The third-order valence-corrected chi connectivity index (χ3v) is 2.31. The largest absolute Gasteiger partial charge is 0.215 e. The van der Waals surface area contributed by atoms with E-state index in [-0.39, 0.29) is 0 Å². The van der Waals surface area contributed by atoms with Gasteiger partial charge in [-0.2, -0.15) is 5.48 Å². The highest BCUT2D eigenvalue weighted by Crippen LogP contribution is 2.31. The van der Waals surface area contributed by atoms with Gasteiger partial charge in [0.05, 0.1) is 0 Å². The first-order valence-corrected chi connectivity index (χ1v) is 4.65. The van der Waals surface area contributed by atoms with Crippen LogP contribution in [0.1, 0.15) is 18.4 Å². The van der Waals surface area contributed by atoms with Crippen molar-refractivity contribution >= 4 is 11.8 Å². The van der Waals surface area contributed by atoms with E-state index in [0.717, 1.165) is 22.6 Å². The van der Waals surface area contributed by atoms with Crippen LogP contribution in [-0.4, -0.2) is 5.21 Å². The summed E-state index contributed by atoms with van der Waals surface area (Å²) in [6, 6.07) is 7.84. The molecule has 2 heteroatoms. The van der Waals surface area contributed by atoms with Crippen LogP contribution in [0.5, 0.6) is 0 Å². The Balaban J connectivity index is 2.17. The van der Waals surface area contributed by atoms with Crippen molar-refractivity contribution < 1.29 is 10.7 Å². The molecule has 1 fully saturated rings. The summed E-state index contributed by atoms with van der Waals surface area (Å²) in [7, 11) is 0. The first-order valence-electron chi connectivity index (χ1n) is 4.65. The molecule has 0 aliphatic heterocycles. The Kier molecular flexibility index (Phi) is 2.43. The van der Waals surface area contributed by atoms with Gasteiger partial charge in [-0.1, -0.05) is 24.3 Å². The van der Waals surface area contributed by atoms with E-state index in [1.165, 1.54) is 12.8 Å². The number of benzene rings is 1. The molecule has 0 amide bonds. The van der Waals surface area contributed by atoms with Gasteiger partial charge < -0.3 is 0 Å². The zero-order valence-electron chi connectivity index (χ0n) is 7.48. The van der Waals surface area contributed by atoms with Crippen LogP contribution in [0.3, 0.4) is 0 Å². The van der Waals surface area contributed by atoms with Gasteiger partial charge in [0.15, 0.2) is 5.69 Å². The van der Waals surface area contributed by atoms with E-state index in [0.29, 0.717) is 0 Å². The molecule has 1 aliphatic rings. The lowest BCUT2D eigenvalue weighted by Crippen LogP contribution is -2.74. The number of rotatable bonds is 3. The second-order valence-corrected chi connectivity index (χ2v) is 3.45. The molecule has 0 bridgehead atoms. The molecular weight excluding hydrogens is 162 g/mol. The zero-order valence-corrected chi connectivity index (χ0v) is 7.48. The summed E-state index contributed by atoms with van der Waals surface area (Å²) in [4.78, 5) is 0. The molecule has 0 radical (unpaired) electrons.